The first-order valence-corrected chi connectivity index (χ1v) is 9.30. The smallest absolute Gasteiger partial charge is 0.329 e. The average Bonchev–Trinajstić information content (AvgIpc) is 2.68. The standard InChI is InChI=1S/C20H28N2O6/c1-4-27-17(24)11-8-12-21-16(23)13-28-20(26)18(14(2)3)22-19(25)15-9-6-5-7-10-15/h5-7,9-10,14,18H,4,8,11-13H2,1-3H3,(H,21,23)(H,22,25). The summed E-state index contributed by atoms with van der Waals surface area (Å²) in [5, 5.41) is 5.20. The molecule has 0 heterocycles. The fourth-order valence-corrected chi connectivity index (χ4v) is 2.28. The molecule has 0 saturated carbocycles. The molecule has 1 aromatic rings. The molecule has 8 nitrogen and oxygen atoms in total. The summed E-state index contributed by atoms with van der Waals surface area (Å²) in [5.74, 6) is -2.08. The van der Waals surface area contributed by atoms with Crippen LogP contribution in [0, 0.1) is 5.92 Å². The zero-order chi connectivity index (χ0) is 20.9. The first-order chi connectivity index (χ1) is 13.3. The highest BCUT2D eigenvalue weighted by Crippen LogP contribution is 2.07. The number of esters is 2. The van der Waals surface area contributed by atoms with Gasteiger partial charge in [-0.1, -0.05) is 32.0 Å². The Bertz CT molecular complexity index is 660. The van der Waals surface area contributed by atoms with Crippen LogP contribution in [0.15, 0.2) is 30.3 Å². The molecule has 1 aromatic carbocycles. The lowest BCUT2D eigenvalue weighted by atomic mass is 10.0. The van der Waals surface area contributed by atoms with Crippen LogP contribution in [0.2, 0.25) is 0 Å². The van der Waals surface area contributed by atoms with E-state index in [-0.39, 0.29) is 30.8 Å². The van der Waals surface area contributed by atoms with Gasteiger partial charge in [-0.25, -0.2) is 4.79 Å². The summed E-state index contributed by atoms with van der Waals surface area (Å²) in [6.45, 7) is 5.40. The maximum atomic E-state index is 12.3. The fourth-order valence-electron chi connectivity index (χ4n) is 2.28. The zero-order valence-electron chi connectivity index (χ0n) is 16.5. The number of hydrogen-bond donors (Lipinski definition) is 2. The lowest BCUT2D eigenvalue weighted by Gasteiger charge is -2.20. The molecule has 1 unspecified atom stereocenters. The molecule has 28 heavy (non-hydrogen) atoms. The van der Waals surface area contributed by atoms with Crippen LogP contribution in [0.1, 0.15) is 44.0 Å². The number of carbonyl (C=O) groups excluding carboxylic acids is 4. The van der Waals surface area contributed by atoms with E-state index in [1.807, 2.05) is 0 Å². The zero-order valence-corrected chi connectivity index (χ0v) is 16.5. The van der Waals surface area contributed by atoms with E-state index in [1.54, 1.807) is 51.1 Å². The Kier molecular flexibility index (Phi) is 10.3. The Balaban J connectivity index is 2.40. The van der Waals surface area contributed by atoms with E-state index in [2.05, 4.69) is 10.6 Å². The Morgan fingerprint density at radius 1 is 1.04 bits per heavy atom. The molecule has 0 fully saturated rings. The van der Waals surface area contributed by atoms with Gasteiger partial charge < -0.3 is 20.1 Å². The van der Waals surface area contributed by atoms with Crippen molar-refractivity contribution in [2.75, 3.05) is 19.8 Å². The molecule has 0 radical (unpaired) electrons. The van der Waals surface area contributed by atoms with Gasteiger partial charge in [-0.3, -0.25) is 14.4 Å². The van der Waals surface area contributed by atoms with Crippen molar-refractivity contribution >= 4 is 23.8 Å². The lowest BCUT2D eigenvalue weighted by molar-refractivity contribution is -0.151. The maximum Gasteiger partial charge on any atom is 0.329 e. The van der Waals surface area contributed by atoms with Crippen LogP contribution in [-0.2, 0) is 23.9 Å². The highest BCUT2D eigenvalue weighted by molar-refractivity contribution is 5.97. The minimum atomic E-state index is -0.871. The van der Waals surface area contributed by atoms with Gasteiger partial charge in [0.15, 0.2) is 6.61 Å². The predicted octanol–water partition coefficient (Wildman–Crippen LogP) is 1.44. The second kappa shape index (κ2) is 12.5. The second-order valence-electron chi connectivity index (χ2n) is 6.43. The Morgan fingerprint density at radius 3 is 2.32 bits per heavy atom. The minimum Gasteiger partial charge on any atom is -0.466 e. The topological polar surface area (TPSA) is 111 Å². The highest BCUT2D eigenvalue weighted by Gasteiger charge is 2.26. The third-order valence-electron chi connectivity index (χ3n) is 3.77. The van der Waals surface area contributed by atoms with E-state index < -0.39 is 24.5 Å². The van der Waals surface area contributed by atoms with Crippen molar-refractivity contribution in [2.45, 2.75) is 39.7 Å². The number of ether oxygens (including phenoxy) is 2. The Labute approximate surface area is 165 Å². The van der Waals surface area contributed by atoms with Gasteiger partial charge in [0.1, 0.15) is 6.04 Å². The summed E-state index contributed by atoms with van der Waals surface area (Å²) in [6.07, 6.45) is 0.634. The van der Waals surface area contributed by atoms with E-state index in [9.17, 15) is 19.2 Å². The summed E-state index contributed by atoms with van der Waals surface area (Å²) in [6, 6.07) is 7.65. The van der Waals surface area contributed by atoms with Crippen LogP contribution in [0.4, 0.5) is 0 Å². The molecular formula is C20H28N2O6. The van der Waals surface area contributed by atoms with Gasteiger partial charge in [0.2, 0.25) is 0 Å². The number of amides is 2. The van der Waals surface area contributed by atoms with E-state index in [1.165, 1.54) is 0 Å². The molecule has 154 valence electrons. The van der Waals surface area contributed by atoms with Gasteiger partial charge in [-0.15, -0.1) is 0 Å². The van der Waals surface area contributed by atoms with Crippen molar-refractivity contribution in [1.29, 1.82) is 0 Å². The van der Waals surface area contributed by atoms with Crippen LogP contribution in [0.25, 0.3) is 0 Å². The molecule has 2 N–H and O–H groups in total. The maximum absolute atomic E-state index is 12.3. The summed E-state index contributed by atoms with van der Waals surface area (Å²) < 4.78 is 9.81. The van der Waals surface area contributed by atoms with Crippen LogP contribution in [0.5, 0.6) is 0 Å². The van der Waals surface area contributed by atoms with E-state index >= 15 is 0 Å². The van der Waals surface area contributed by atoms with Crippen molar-refractivity contribution in [2.24, 2.45) is 5.92 Å². The van der Waals surface area contributed by atoms with Crippen molar-refractivity contribution in [3.63, 3.8) is 0 Å². The predicted molar refractivity (Wildman–Crippen MR) is 102 cm³/mol. The van der Waals surface area contributed by atoms with Crippen LogP contribution >= 0.6 is 0 Å². The monoisotopic (exact) mass is 392 g/mol. The third kappa shape index (κ3) is 8.66. The summed E-state index contributed by atoms with van der Waals surface area (Å²) >= 11 is 0. The van der Waals surface area contributed by atoms with Crippen LogP contribution in [0.3, 0.4) is 0 Å². The lowest BCUT2D eigenvalue weighted by Crippen LogP contribution is -2.46. The summed E-state index contributed by atoms with van der Waals surface area (Å²) in [5.41, 5.74) is 0.431. The molecular weight excluding hydrogens is 364 g/mol. The molecule has 8 heteroatoms. The number of nitrogens with one attached hydrogen (secondary N) is 2. The van der Waals surface area contributed by atoms with Crippen molar-refractivity contribution in [3.8, 4) is 0 Å². The van der Waals surface area contributed by atoms with E-state index in [4.69, 9.17) is 9.47 Å². The van der Waals surface area contributed by atoms with Crippen molar-refractivity contribution in [1.82, 2.24) is 10.6 Å². The minimum absolute atomic E-state index is 0.203. The van der Waals surface area contributed by atoms with Gasteiger partial charge in [-0.2, -0.15) is 0 Å². The molecule has 1 rings (SSSR count). The highest BCUT2D eigenvalue weighted by atomic mass is 16.5. The van der Waals surface area contributed by atoms with E-state index in [0.717, 1.165) is 0 Å². The average molecular weight is 392 g/mol. The quantitative estimate of drug-likeness (QED) is 0.436. The van der Waals surface area contributed by atoms with E-state index in [0.29, 0.717) is 18.6 Å². The number of hydrogen-bond acceptors (Lipinski definition) is 6. The summed E-state index contributed by atoms with van der Waals surface area (Å²) in [7, 11) is 0. The number of benzene rings is 1. The SMILES string of the molecule is CCOC(=O)CCCNC(=O)COC(=O)C(NC(=O)c1ccccc1)C(C)C. The van der Waals surface area contributed by atoms with Gasteiger partial charge in [0, 0.05) is 18.5 Å². The fraction of sp³-hybridized carbons (Fsp3) is 0.500. The van der Waals surface area contributed by atoms with Crippen molar-refractivity contribution in [3.05, 3.63) is 35.9 Å². The van der Waals surface area contributed by atoms with Crippen LogP contribution in [-0.4, -0.2) is 49.6 Å². The van der Waals surface area contributed by atoms with Gasteiger partial charge >= 0.3 is 11.9 Å². The Morgan fingerprint density at radius 2 is 1.71 bits per heavy atom. The molecule has 1 atom stereocenters. The van der Waals surface area contributed by atoms with Crippen LogP contribution < -0.4 is 10.6 Å². The first-order valence-electron chi connectivity index (χ1n) is 9.30. The third-order valence-corrected chi connectivity index (χ3v) is 3.77. The Hall–Kier alpha value is -2.90. The normalized spacial score (nSPS) is 11.4. The molecule has 0 aliphatic rings. The summed E-state index contributed by atoms with van der Waals surface area (Å²) in [4.78, 5) is 47.5. The second-order valence-corrected chi connectivity index (χ2v) is 6.43. The molecule has 0 aliphatic heterocycles. The van der Waals surface area contributed by atoms with Gasteiger partial charge in [0.25, 0.3) is 11.8 Å². The molecule has 0 spiro atoms. The molecule has 0 aromatic heterocycles. The number of rotatable bonds is 11. The molecule has 2 amide bonds. The van der Waals surface area contributed by atoms with Gasteiger partial charge in [0.05, 0.1) is 6.61 Å². The largest absolute Gasteiger partial charge is 0.466 e. The first kappa shape index (κ1) is 23.1. The molecule has 0 aliphatic carbocycles. The number of carbonyl (C=O) groups is 4. The molecule has 0 bridgehead atoms. The molecule has 0 saturated heterocycles. The van der Waals surface area contributed by atoms with Crippen molar-refractivity contribution < 1.29 is 28.7 Å². The van der Waals surface area contributed by atoms with Gasteiger partial charge in [-0.05, 0) is 31.4 Å².